The zero-order valence-electron chi connectivity index (χ0n) is 9.41. The van der Waals surface area contributed by atoms with Gasteiger partial charge in [0.15, 0.2) is 5.82 Å². The van der Waals surface area contributed by atoms with Gasteiger partial charge in [0.05, 0.1) is 5.69 Å². The van der Waals surface area contributed by atoms with Gasteiger partial charge in [0.2, 0.25) is 5.91 Å². The lowest BCUT2D eigenvalue weighted by Crippen LogP contribution is -2.40. The van der Waals surface area contributed by atoms with Gasteiger partial charge in [-0.15, -0.1) is 0 Å². The van der Waals surface area contributed by atoms with Crippen molar-refractivity contribution in [1.29, 1.82) is 0 Å². The van der Waals surface area contributed by atoms with E-state index >= 15 is 0 Å². The lowest BCUT2D eigenvalue weighted by molar-refractivity contribution is -0.117. The highest BCUT2D eigenvalue weighted by molar-refractivity contribution is 6.02. The molecule has 16 heavy (non-hydrogen) atoms. The molecule has 1 aliphatic rings. The highest BCUT2D eigenvalue weighted by atomic mass is 16.5. The third-order valence-corrected chi connectivity index (χ3v) is 2.53. The Bertz CT molecular complexity index is 406. The summed E-state index contributed by atoms with van der Waals surface area (Å²) in [6.45, 7) is 2.47. The Morgan fingerprint density at radius 3 is 3.06 bits per heavy atom. The molecular weight excluding hydrogens is 206 g/mol. The fraction of sp³-hybridized carbons (Fsp3) is 0.455. The first kappa shape index (κ1) is 10.9. The molecule has 0 saturated heterocycles. The fourth-order valence-corrected chi connectivity index (χ4v) is 1.66. The summed E-state index contributed by atoms with van der Waals surface area (Å²) in [5.74, 6) is 0.705. The molecule has 0 bridgehead atoms. The summed E-state index contributed by atoms with van der Waals surface area (Å²) in [6.07, 6.45) is 0.636. The van der Waals surface area contributed by atoms with Crippen LogP contribution in [0.5, 0.6) is 0 Å². The maximum absolute atomic E-state index is 11.7. The molecule has 86 valence electrons. The van der Waals surface area contributed by atoms with Crippen molar-refractivity contribution in [3.05, 3.63) is 17.8 Å². The van der Waals surface area contributed by atoms with E-state index in [1.165, 1.54) is 0 Å². The number of carbonyl (C=O) groups is 1. The predicted octanol–water partition coefficient (Wildman–Crippen LogP) is 1.16. The molecule has 0 radical (unpaired) electrons. The minimum absolute atomic E-state index is 0.0322. The molecule has 1 aromatic heterocycles. The van der Waals surface area contributed by atoms with Gasteiger partial charge in [-0.25, -0.2) is 4.98 Å². The number of hydrogen-bond donors (Lipinski definition) is 2. The summed E-state index contributed by atoms with van der Waals surface area (Å²) in [6, 6.07) is 3.47. The van der Waals surface area contributed by atoms with E-state index in [0.29, 0.717) is 13.0 Å². The van der Waals surface area contributed by atoms with Gasteiger partial charge in [-0.2, -0.15) is 0 Å². The van der Waals surface area contributed by atoms with Crippen LogP contribution in [0, 0.1) is 6.92 Å². The number of nitrogens with one attached hydrogen (secondary N) is 2. The number of aryl methyl sites for hydroxylation is 1. The van der Waals surface area contributed by atoms with Gasteiger partial charge in [-0.05, 0) is 25.5 Å². The number of anilines is 2. The summed E-state index contributed by atoms with van der Waals surface area (Å²) >= 11 is 0. The average Bonchev–Trinajstić information content (AvgIpc) is 2.27. The van der Waals surface area contributed by atoms with Gasteiger partial charge in [0.1, 0.15) is 6.04 Å². The smallest absolute Gasteiger partial charge is 0.247 e. The molecule has 2 rings (SSSR count). The number of nitrogens with zero attached hydrogens (tertiary/aromatic N) is 1. The van der Waals surface area contributed by atoms with Crippen molar-refractivity contribution in [3.8, 4) is 0 Å². The van der Waals surface area contributed by atoms with Crippen LogP contribution >= 0.6 is 0 Å². The van der Waals surface area contributed by atoms with E-state index < -0.39 is 0 Å². The monoisotopic (exact) mass is 221 g/mol. The molecular formula is C11H15N3O2. The molecule has 1 atom stereocenters. The quantitative estimate of drug-likeness (QED) is 0.804. The largest absolute Gasteiger partial charge is 0.385 e. The first-order chi connectivity index (χ1) is 7.70. The second-order valence-electron chi connectivity index (χ2n) is 3.82. The Morgan fingerprint density at radius 1 is 1.50 bits per heavy atom. The highest BCUT2D eigenvalue weighted by Gasteiger charge is 2.25. The van der Waals surface area contributed by atoms with Crippen LogP contribution in [0.3, 0.4) is 0 Å². The molecule has 5 heteroatoms. The van der Waals surface area contributed by atoms with Crippen molar-refractivity contribution in [1.82, 2.24) is 4.98 Å². The lowest BCUT2D eigenvalue weighted by atomic mass is 10.1. The molecule has 2 heterocycles. The van der Waals surface area contributed by atoms with Gasteiger partial charge >= 0.3 is 0 Å². The molecule has 1 amide bonds. The topological polar surface area (TPSA) is 63.2 Å². The number of fused-ring (bicyclic) bond motifs is 1. The lowest BCUT2D eigenvalue weighted by Gasteiger charge is -2.25. The number of aromatic nitrogens is 1. The molecule has 1 aliphatic heterocycles. The van der Waals surface area contributed by atoms with E-state index in [9.17, 15) is 4.79 Å². The molecule has 0 spiro atoms. The number of amides is 1. The van der Waals surface area contributed by atoms with Crippen molar-refractivity contribution in [3.63, 3.8) is 0 Å². The van der Waals surface area contributed by atoms with Crippen molar-refractivity contribution in [2.24, 2.45) is 0 Å². The van der Waals surface area contributed by atoms with Gasteiger partial charge in [-0.3, -0.25) is 4.79 Å². The number of rotatable bonds is 3. The number of pyridine rings is 1. The van der Waals surface area contributed by atoms with E-state index in [4.69, 9.17) is 4.74 Å². The Labute approximate surface area is 94.2 Å². The van der Waals surface area contributed by atoms with Crippen molar-refractivity contribution < 1.29 is 9.53 Å². The van der Waals surface area contributed by atoms with E-state index in [0.717, 1.165) is 17.2 Å². The molecule has 0 aromatic carbocycles. The Balaban J connectivity index is 2.16. The Kier molecular flexibility index (Phi) is 3.05. The highest BCUT2D eigenvalue weighted by Crippen LogP contribution is 2.25. The second-order valence-corrected chi connectivity index (χ2v) is 3.82. The van der Waals surface area contributed by atoms with Crippen molar-refractivity contribution >= 4 is 17.4 Å². The standard InChI is InChI=1S/C11H15N3O2/c1-7-3-4-8-10(12-7)13-9(5-6-16-2)11(15)14-8/h3-4,9H,5-6H2,1-2H3,(H,12,13)(H,14,15). The number of carbonyl (C=O) groups excluding carboxylic acids is 1. The van der Waals surface area contributed by atoms with E-state index in [1.807, 2.05) is 19.1 Å². The SMILES string of the molecule is COCCC1Nc2nc(C)ccc2NC1=O. The Hall–Kier alpha value is -1.62. The van der Waals surface area contributed by atoms with Crippen LogP contribution in [0.2, 0.25) is 0 Å². The zero-order valence-corrected chi connectivity index (χ0v) is 9.41. The molecule has 0 aliphatic carbocycles. The van der Waals surface area contributed by atoms with Crippen LogP contribution in [0.4, 0.5) is 11.5 Å². The first-order valence-electron chi connectivity index (χ1n) is 5.24. The Morgan fingerprint density at radius 2 is 2.31 bits per heavy atom. The maximum atomic E-state index is 11.7. The predicted molar refractivity (Wildman–Crippen MR) is 61.5 cm³/mol. The van der Waals surface area contributed by atoms with Crippen LogP contribution in [-0.2, 0) is 9.53 Å². The third kappa shape index (κ3) is 2.14. The van der Waals surface area contributed by atoms with E-state index in [2.05, 4.69) is 15.6 Å². The normalized spacial score (nSPS) is 18.6. The minimum Gasteiger partial charge on any atom is -0.385 e. The summed E-state index contributed by atoms with van der Waals surface area (Å²) < 4.78 is 4.96. The van der Waals surface area contributed by atoms with Gasteiger partial charge in [-0.1, -0.05) is 0 Å². The van der Waals surface area contributed by atoms with Gasteiger partial charge in [0, 0.05) is 19.4 Å². The van der Waals surface area contributed by atoms with E-state index in [-0.39, 0.29) is 11.9 Å². The molecule has 5 nitrogen and oxygen atoms in total. The molecule has 2 N–H and O–H groups in total. The van der Waals surface area contributed by atoms with Crippen LogP contribution in [0.1, 0.15) is 12.1 Å². The van der Waals surface area contributed by atoms with Crippen LogP contribution in [0.15, 0.2) is 12.1 Å². The van der Waals surface area contributed by atoms with Gasteiger partial charge < -0.3 is 15.4 Å². The number of hydrogen-bond acceptors (Lipinski definition) is 4. The summed E-state index contributed by atoms with van der Waals surface area (Å²) in [5.41, 5.74) is 1.66. The second kappa shape index (κ2) is 4.49. The maximum Gasteiger partial charge on any atom is 0.247 e. The zero-order chi connectivity index (χ0) is 11.5. The fourth-order valence-electron chi connectivity index (χ4n) is 1.66. The van der Waals surface area contributed by atoms with E-state index in [1.54, 1.807) is 7.11 Å². The number of ether oxygens (including phenoxy) is 1. The summed E-state index contributed by atoms with van der Waals surface area (Å²) in [7, 11) is 1.62. The molecule has 1 aromatic rings. The van der Waals surface area contributed by atoms with Crippen LogP contribution in [-0.4, -0.2) is 30.6 Å². The summed E-state index contributed by atoms with van der Waals surface area (Å²) in [4.78, 5) is 16.0. The van der Waals surface area contributed by atoms with Crippen LogP contribution in [0.25, 0.3) is 0 Å². The average molecular weight is 221 g/mol. The minimum atomic E-state index is -0.262. The number of methoxy groups -OCH3 is 1. The van der Waals surface area contributed by atoms with Crippen molar-refractivity contribution in [2.75, 3.05) is 24.4 Å². The van der Waals surface area contributed by atoms with Crippen molar-refractivity contribution in [2.45, 2.75) is 19.4 Å². The summed E-state index contributed by atoms with van der Waals surface area (Å²) in [5, 5.41) is 5.95. The molecule has 0 saturated carbocycles. The van der Waals surface area contributed by atoms with Gasteiger partial charge in [0.25, 0.3) is 0 Å². The van der Waals surface area contributed by atoms with Crippen LogP contribution < -0.4 is 10.6 Å². The molecule has 1 unspecified atom stereocenters. The first-order valence-corrected chi connectivity index (χ1v) is 5.24. The molecule has 0 fully saturated rings. The third-order valence-electron chi connectivity index (χ3n) is 2.53.